The highest BCUT2D eigenvalue weighted by Crippen LogP contribution is 2.46. The molecule has 16 aromatic rings. The van der Waals surface area contributed by atoms with Crippen LogP contribution < -0.4 is 0 Å². The van der Waals surface area contributed by atoms with E-state index >= 15 is 8.78 Å². The molecule has 0 amide bonds. The first-order valence-electron chi connectivity index (χ1n) is 29.7. The van der Waals surface area contributed by atoms with Crippen molar-refractivity contribution in [2.45, 2.75) is 0 Å². The maximum atomic E-state index is 16.8. The Kier molecular flexibility index (Phi) is 13.2. The van der Waals surface area contributed by atoms with E-state index < -0.39 is 11.6 Å². The van der Waals surface area contributed by atoms with Crippen molar-refractivity contribution in [1.82, 2.24) is 29.1 Å². The molecule has 0 N–H and O–H groups in total. The smallest absolute Gasteiger partial charge is 0.134 e. The maximum absolute atomic E-state index is 16.8. The van der Waals surface area contributed by atoms with Gasteiger partial charge in [0.05, 0.1) is 61.8 Å². The molecule has 0 atom stereocenters. The number of hydrogen-bond donors (Lipinski definition) is 0. The number of aromatic nitrogens is 6. The van der Waals surface area contributed by atoms with E-state index in [4.69, 9.17) is 19.9 Å². The average Bonchev–Trinajstić information content (AvgIpc) is 1.59. The fourth-order valence-electron chi connectivity index (χ4n) is 12.7. The van der Waals surface area contributed by atoms with Crippen LogP contribution in [0.25, 0.3) is 156 Å². The lowest BCUT2D eigenvalue weighted by Gasteiger charge is -2.20. The van der Waals surface area contributed by atoms with E-state index in [9.17, 15) is 5.26 Å². The van der Waals surface area contributed by atoms with E-state index in [0.29, 0.717) is 11.4 Å². The molecular formula is C81H49F2N7. The largest absolute Gasteiger partial charge is 0.308 e. The molecule has 0 spiro atoms. The van der Waals surface area contributed by atoms with Gasteiger partial charge in [-0.3, -0.25) is 19.9 Å². The van der Waals surface area contributed by atoms with E-state index in [1.165, 1.54) is 18.2 Å². The molecule has 0 aliphatic carbocycles. The number of rotatable bonds is 11. The highest BCUT2D eigenvalue weighted by molar-refractivity contribution is 6.14. The Morgan fingerprint density at radius 2 is 0.600 bits per heavy atom. The van der Waals surface area contributed by atoms with Gasteiger partial charge in [-0.1, -0.05) is 176 Å². The van der Waals surface area contributed by atoms with Crippen LogP contribution in [0.2, 0.25) is 0 Å². The second kappa shape index (κ2) is 22.2. The van der Waals surface area contributed by atoms with Crippen LogP contribution in [0.1, 0.15) is 5.56 Å². The minimum Gasteiger partial charge on any atom is -0.308 e. The van der Waals surface area contributed by atoms with Crippen molar-refractivity contribution in [2.75, 3.05) is 0 Å². The Labute approximate surface area is 517 Å². The lowest BCUT2D eigenvalue weighted by atomic mass is 9.97. The summed E-state index contributed by atoms with van der Waals surface area (Å²) in [7, 11) is 0. The fraction of sp³-hybridized carbons (Fsp3) is 0. The Bertz CT molecular complexity index is 5150. The van der Waals surface area contributed by atoms with Crippen LogP contribution >= 0.6 is 0 Å². The molecule has 6 aromatic heterocycles. The quantitative estimate of drug-likeness (QED) is 0.129. The first kappa shape index (κ1) is 53.2. The standard InChI is InChI=1S/C81H49F2N7/c82-69-22-13-23-70(83)80(69)63-32-41-79(89-75-37-28-55(59-24-33-71(85-47-59)51-14-5-1-6-15-51)42-64(75)65-43-56(29-38-76(65)89)60-25-34-72(86-48-60)52-16-7-2-8-17-52)68(46-84)81(63)90-77-39-30-57(61-26-35-73(87-49-61)53-18-9-3-10-19-53)44-66(77)67-45-58(31-40-78(67)90)62-27-36-74(88-50-62)54-20-11-4-12-21-54/h1-45,47-50H. The van der Waals surface area contributed by atoms with E-state index in [0.717, 1.165) is 133 Å². The first-order chi connectivity index (χ1) is 44.4. The van der Waals surface area contributed by atoms with Crippen molar-refractivity contribution in [3.8, 4) is 118 Å². The zero-order chi connectivity index (χ0) is 60.2. The zero-order valence-electron chi connectivity index (χ0n) is 48.2. The molecular weight excluding hydrogens is 1110 g/mol. The van der Waals surface area contributed by atoms with Gasteiger partial charge in [-0.25, -0.2) is 8.78 Å². The summed E-state index contributed by atoms with van der Waals surface area (Å²) in [4.78, 5) is 19.6. The third-order valence-corrected chi connectivity index (χ3v) is 17.2. The summed E-state index contributed by atoms with van der Waals surface area (Å²) in [5.74, 6) is -1.52. The molecule has 90 heavy (non-hydrogen) atoms. The summed E-state index contributed by atoms with van der Waals surface area (Å²) in [6.07, 6.45) is 7.59. The molecule has 0 unspecified atom stereocenters. The van der Waals surface area contributed by atoms with Gasteiger partial charge in [0.25, 0.3) is 0 Å². The van der Waals surface area contributed by atoms with Gasteiger partial charge >= 0.3 is 0 Å². The molecule has 6 heterocycles. The van der Waals surface area contributed by atoms with Gasteiger partial charge in [0.1, 0.15) is 23.3 Å². The normalized spacial score (nSPS) is 11.4. The molecule has 7 nitrogen and oxygen atoms in total. The summed E-state index contributed by atoms with van der Waals surface area (Å²) in [6.45, 7) is 0. The third kappa shape index (κ3) is 9.35. The number of hydrogen-bond acceptors (Lipinski definition) is 5. The zero-order valence-corrected chi connectivity index (χ0v) is 48.2. The number of halogens is 2. The Morgan fingerprint density at radius 3 is 0.900 bits per heavy atom. The lowest BCUT2D eigenvalue weighted by molar-refractivity contribution is 0.589. The van der Waals surface area contributed by atoms with Crippen molar-refractivity contribution in [2.24, 2.45) is 0 Å². The van der Waals surface area contributed by atoms with E-state index in [1.54, 1.807) is 6.07 Å². The van der Waals surface area contributed by atoms with Crippen LogP contribution in [-0.2, 0) is 0 Å². The van der Waals surface area contributed by atoms with Gasteiger partial charge in [-0.2, -0.15) is 5.26 Å². The minimum absolute atomic E-state index is 0.205. The van der Waals surface area contributed by atoms with Gasteiger partial charge < -0.3 is 9.13 Å². The van der Waals surface area contributed by atoms with Crippen LogP contribution in [0.15, 0.2) is 298 Å². The van der Waals surface area contributed by atoms with Gasteiger partial charge in [-0.15, -0.1) is 0 Å². The monoisotopic (exact) mass is 1160 g/mol. The number of benzene rings is 10. The predicted molar refractivity (Wildman–Crippen MR) is 360 cm³/mol. The number of fused-ring (bicyclic) bond motifs is 6. The average molecular weight is 1160 g/mol. The van der Waals surface area contributed by atoms with Crippen molar-refractivity contribution in [1.29, 1.82) is 5.26 Å². The molecule has 0 bridgehead atoms. The van der Waals surface area contributed by atoms with Crippen molar-refractivity contribution in [3.05, 3.63) is 315 Å². The second-order valence-electron chi connectivity index (χ2n) is 22.4. The molecule has 0 aliphatic rings. The van der Waals surface area contributed by atoms with Gasteiger partial charge in [0.2, 0.25) is 0 Å². The molecule has 10 aromatic carbocycles. The minimum atomic E-state index is -0.759. The lowest BCUT2D eigenvalue weighted by Crippen LogP contribution is -2.07. The highest BCUT2D eigenvalue weighted by atomic mass is 19.1. The molecule has 422 valence electrons. The molecule has 0 radical (unpaired) electrons. The summed E-state index contributed by atoms with van der Waals surface area (Å²) in [5, 5.41) is 15.7. The Hall–Kier alpha value is -12.3. The molecule has 16 rings (SSSR count). The van der Waals surface area contributed by atoms with Gasteiger partial charge in [-0.05, 0) is 119 Å². The summed E-state index contributed by atoms with van der Waals surface area (Å²) < 4.78 is 37.7. The van der Waals surface area contributed by atoms with E-state index in [-0.39, 0.29) is 16.7 Å². The van der Waals surface area contributed by atoms with Crippen molar-refractivity contribution < 1.29 is 8.78 Å². The predicted octanol–water partition coefficient (Wildman–Crippen LogP) is 20.6. The van der Waals surface area contributed by atoms with Crippen molar-refractivity contribution in [3.63, 3.8) is 0 Å². The van der Waals surface area contributed by atoms with Crippen molar-refractivity contribution >= 4 is 43.6 Å². The van der Waals surface area contributed by atoms with Crippen LogP contribution in [0.3, 0.4) is 0 Å². The number of nitrogens with zero attached hydrogens (tertiary/aromatic N) is 7. The molecule has 0 saturated carbocycles. The third-order valence-electron chi connectivity index (χ3n) is 17.2. The maximum Gasteiger partial charge on any atom is 0.134 e. The summed E-state index contributed by atoms with van der Waals surface area (Å²) in [5.41, 5.74) is 19.0. The highest BCUT2D eigenvalue weighted by Gasteiger charge is 2.28. The Balaban J connectivity index is 0.926. The first-order valence-corrected chi connectivity index (χ1v) is 29.7. The topological polar surface area (TPSA) is 85.2 Å². The van der Waals surface area contributed by atoms with Crippen LogP contribution in [-0.4, -0.2) is 29.1 Å². The Morgan fingerprint density at radius 1 is 0.289 bits per heavy atom. The van der Waals surface area contributed by atoms with Crippen LogP contribution in [0.5, 0.6) is 0 Å². The molecule has 9 heteroatoms. The van der Waals surface area contributed by atoms with Crippen LogP contribution in [0, 0.1) is 23.0 Å². The number of pyridine rings is 4. The SMILES string of the molecule is N#Cc1c(-n2c3ccc(-c4ccc(-c5ccccc5)nc4)cc3c3cc(-c4ccc(-c5ccccc5)nc4)ccc32)ccc(-c2c(F)cccc2F)c1-n1c2ccc(-c3ccc(-c4ccccc4)nc3)cc2c2cc(-c3ccc(-c4ccccc4)nc3)ccc21. The summed E-state index contributed by atoms with van der Waals surface area (Å²) >= 11 is 0. The summed E-state index contributed by atoms with van der Waals surface area (Å²) in [6, 6.07) is 92.1. The van der Waals surface area contributed by atoms with Gasteiger partial charge in [0, 0.05) is 96.4 Å². The van der Waals surface area contributed by atoms with E-state index in [2.05, 4.69) is 108 Å². The molecule has 0 saturated heterocycles. The van der Waals surface area contributed by atoms with Crippen LogP contribution in [0.4, 0.5) is 8.78 Å². The van der Waals surface area contributed by atoms with E-state index in [1.807, 2.05) is 181 Å². The number of nitriles is 1. The molecule has 0 fully saturated rings. The fourth-order valence-corrected chi connectivity index (χ4v) is 12.7. The molecule has 0 aliphatic heterocycles. The van der Waals surface area contributed by atoms with Gasteiger partial charge in [0.15, 0.2) is 0 Å². The second-order valence-corrected chi connectivity index (χ2v) is 22.4.